The van der Waals surface area contributed by atoms with Crippen LogP contribution < -0.4 is 5.32 Å². The van der Waals surface area contributed by atoms with E-state index in [0.717, 1.165) is 53.5 Å². The summed E-state index contributed by atoms with van der Waals surface area (Å²) in [6.45, 7) is 3.83. The molecule has 0 atom stereocenters. The standard InChI is InChI=1S/C20H22N4O2S/c1-13-17(14(2)26-23-13)11-27-12-19(25)21-20-16-9-6-10-18(16)22-24(20)15-7-4-3-5-8-15/h3-5,7-8H,6,9-12H2,1-2H3,(H,21,25). The first kappa shape index (κ1) is 17.9. The molecule has 3 aromatic rings. The number of anilines is 1. The average molecular weight is 382 g/mol. The first-order valence-corrected chi connectivity index (χ1v) is 10.2. The zero-order valence-electron chi connectivity index (χ0n) is 15.5. The van der Waals surface area contributed by atoms with Crippen molar-refractivity contribution < 1.29 is 9.32 Å². The highest BCUT2D eigenvalue weighted by Crippen LogP contribution is 2.31. The van der Waals surface area contributed by atoms with Crippen LogP contribution in [0.2, 0.25) is 0 Å². The maximum atomic E-state index is 12.6. The third-order valence-corrected chi connectivity index (χ3v) is 5.79. The fourth-order valence-corrected chi connectivity index (χ4v) is 4.37. The minimum absolute atomic E-state index is 0.0152. The van der Waals surface area contributed by atoms with Crippen molar-refractivity contribution in [3.8, 4) is 5.69 Å². The summed E-state index contributed by atoms with van der Waals surface area (Å²) < 4.78 is 7.04. The number of carbonyl (C=O) groups excluding carboxylic acids is 1. The van der Waals surface area contributed by atoms with E-state index in [1.165, 1.54) is 5.56 Å². The van der Waals surface area contributed by atoms with Crippen LogP contribution in [0.4, 0.5) is 5.82 Å². The van der Waals surface area contributed by atoms with Gasteiger partial charge in [0.15, 0.2) is 0 Å². The second kappa shape index (κ2) is 7.60. The quantitative estimate of drug-likeness (QED) is 0.701. The number of nitrogens with one attached hydrogen (secondary N) is 1. The normalized spacial score (nSPS) is 13.0. The highest BCUT2D eigenvalue weighted by Gasteiger charge is 2.24. The molecule has 0 saturated carbocycles. The molecule has 1 amide bonds. The third-order valence-electron chi connectivity index (χ3n) is 4.83. The molecule has 1 aliphatic carbocycles. The van der Waals surface area contributed by atoms with Crippen LogP contribution in [0.25, 0.3) is 5.69 Å². The number of fused-ring (bicyclic) bond motifs is 1. The number of hydrogen-bond donors (Lipinski definition) is 1. The number of aryl methyl sites for hydroxylation is 3. The summed E-state index contributed by atoms with van der Waals surface area (Å²) in [5, 5.41) is 11.8. The Kier molecular flexibility index (Phi) is 5.03. The Balaban J connectivity index is 1.47. The van der Waals surface area contributed by atoms with Crippen LogP contribution in [0.15, 0.2) is 34.9 Å². The number of aromatic nitrogens is 3. The van der Waals surface area contributed by atoms with Gasteiger partial charge in [-0.05, 0) is 45.2 Å². The fourth-order valence-electron chi connectivity index (χ4n) is 3.40. The van der Waals surface area contributed by atoms with Gasteiger partial charge in [0.05, 0.1) is 22.8 Å². The molecule has 140 valence electrons. The number of para-hydroxylation sites is 1. The monoisotopic (exact) mass is 382 g/mol. The summed E-state index contributed by atoms with van der Waals surface area (Å²) in [7, 11) is 0. The first-order valence-electron chi connectivity index (χ1n) is 9.09. The van der Waals surface area contributed by atoms with E-state index in [-0.39, 0.29) is 5.91 Å². The van der Waals surface area contributed by atoms with Gasteiger partial charge in [-0.15, -0.1) is 11.8 Å². The molecule has 0 bridgehead atoms. The van der Waals surface area contributed by atoms with Crippen LogP contribution in [0, 0.1) is 13.8 Å². The summed E-state index contributed by atoms with van der Waals surface area (Å²) in [6.07, 6.45) is 3.03. The zero-order chi connectivity index (χ0) is 18.8. The van der Waals surface area contributed by atoms with Gasteiger partial charge in [0.1, 0.15) is 11.6 Å². The van der Waals surface area contributed by atoms with E-state index in [0.29, 0.717) is 11.5 Å². The van der Waals surface area contributed by atoms with E-state index in [4.69, 9.17) is 9.62 Å². The maximum absolute atomic E-state index is 12.6. The molecule has 1 aromatic carbocycles. The third kappa shape index (κ3) is 3.64. The molecule has 0 fully saturated rings. The number of amides is 1. The minimum atomic E-state index is -0.0152. The lowest BCUT2D eigenvalue weighted by atomic mass is 10.2. The fraction of sp³-hybridized carbons (Fsp3) is 0.350. The Bertz CT molecular complexity index is 943. The maximum Gasteiger partial charge on any atom is 0.235 e. The van der Waals surface area contributed by atoms with Crippen LogP contribution in [-0.2, 0) is 23.4 Å². The number of nitrogens with zero attached hydrogens (tertiary/aromatic N) is 3. The Hall–Kier alpha value is -2.54. The van der Waals surface area contributed by atoms with Crippen molar-refractivity contribution in [2.75, 3.05) is 11.1 Å². The Morgan fingerprint density at radius 1 is 1.26 bits per heavy atom. The lowest BCUT2D eigenvalue weighted by Gasteiger charge is -2.11. The van der Waals surface area contributed by atoms with Crippen LogP contribution in [0.1, 0.15) is 34.7 Å². The molecule has 2 heterocycles. The minimum Gasteiger partial charge on any atom is -0.361 e. The molecule has 2 aromatic heterocycles. The Morgan fingerprint density at radius 2 is 2.07 bits per heavy atom. The lowest BCUT2D eigenvalue weighted by molar-refractivity contribution is -0.113. The van der Waals surface area contributed by atoms with Crippen molar-refractivity contribution in [2.24, 2.45) is 0 Å². The SMILES string of the molecule is Cc1noc(C)c1CSCC(=O)Nc1c2c(nn1-c1ccccc1)CCC2. The van der Waals surface area contributed by atoms with Gasteiger partial charge in [0, 0.05) is 16.9 Å². The largest absolute Gasteiger partial charge is 0.361 e. The first-order chi connectivity index (χ1) is 13.1. The zero-order valence-corrected chi connectivity index (χ0v) is 16.3. The Labute approximate surface area is 162 Å². The van der Waals surface area contributed by atoms with Gasteiger partial charge in [-0.2, -0.15) is 5.10 Å². The molecule has 0 saturated heterocycles. The molecule has 0 radical (unpaired) electrons. The summed E-state index contributed by atoms with van der Waals surface area (Å²) in [4.78, 5) is 12.6. The molecule has 27 heavy (non-hydrogen) atoms. The molecule has 1 aliphatic rings. The van der Waals surface area contributed by atoms with Crippen LogP contribution in [-0.4, -0.2) is 26.6 Å². The van der Waals surface area contributed by atoms with E-state index >= 15 is 0 Å². The molecule has 7 heteroatoms. The smallest absolute Gasteiger partial charge is 0.235 e. The van der Waals surface area contributed by atoms with E-state index in [1.807, 2.05) is 48.9 Å². The van der Waals surface area contributed by atoms with Crippen LogP contribution in [0.3, 0.4) is 0 Å². The molecular formula is C20H22N4O2S. The number of benzene rings is 1. The summed E-state index contributed by atoms with van der Waals surface area (Å²) in [5.41, 5.74) is 5.19. The molecule has 0 spiro atoms. The predicted octanol–water partition coefficient (Wildman–Crippen LogP) is 3.84. The molecule has 1 N–H and O–H groups in total. The van der Waals surface area contributed by atoms with E-state index in [1.54, 1.807) is 11.8 Å². The summed E-state index contributed by atoms with van der Waals surface area (Å²) in [5.74, 6) is 2.71. The second-order valence-electron chi connectivity index (χ2n) is 6.72. The second-order valence-corrected chi connectivity index (χ2v) is 7.70. The summed E-state index contributed by atoms with van der Waals surface area (Å²) >= 11 is 1.56. The Morgan fingerprint density at radius 3 is 2.81 bits per heavy atom. The van der Waals surface area contributed by atoms with Crippen molar-refractivity contribution in [1.82, 2.24) is 14.9 Å². The van der Waals surface area contributed by atoms with E-state index in [9.17, 15) is 4.79 Å². The lowest BCUT2D eigenvalue weighted by Crippen LogP contribution is -2.18. The highest BCUT2D eigenvalue weighted by atomic mass is 32.2. The molecular weight excluding hydrogens is 360 g/mol. The van der Waals surface area contributed by atoms with Crippen molar-refractivity contribution in [3.63, 3.8) is 0 Å². The number of carbonyl (C=O) groups is 1. The van der Waals surface area contributed by atoms with Crippen molar-refractivity contribution in [2.45, 2.75) is 38.9 Å². The molecule has 6 nitrogen and oxygen atoms in total. The molecule has 0 aliphatic heterocycles. The number of thioether (sulfide) groups is 1. The van der Waals surface area contributed by atoms with E-state index in [2.05, 4.69) is 10.5 Å². The number of rotatable bonds is 6. The van der Waals surface area contributed by atoms with Gasteiger partial charge >= 0.3 is 0 Å². The molecule has 4 rings (SSSR count). The molecule has 0 unspecified atom stereocenters. The van der Waals surface area contributed by atoms with Gasteiger partial charge in [-0.3, -0.25) is 4.79 Å². The number of hydrogen-bond acceptors (Lipinski definition) is 5. The van der Waals surface area contributed by atoms with Gasteiger partial charge in [0.25, 0.3) is 0 Å². The van der Waals surface area contributed by atoms with Crippen LogP contribution in [0.5, 0.6) is 0 Å². The van der Waals surface area contributed by atoms with Gasteiger partial charge < -0.3 is 9.84 Å². The van der Waals surface area contributed by atoms with Gasteiger partial charge in [-0.1, -0.05) is 23.4 Å². The highest BCUT2D eigenvalue weighted by molar-refractivity contribution is 7.99. The van der Waals surface area contributed by atoms with Crippen molar-refractivity contribution in [1.29, 1.82) is 0 Å². The predicted molar refractivity (Wildman–Crippen MR) is 106 cm³/mol. The van der Waals surface area contributed by atoms with E-state index < -0.39 is 0 Å². The van der Waals surface area contributed by atoms with Gasteiger partial charge in [-0.25, -0.2) is 4.68 Å². The van der Waals surface area contributed by atoms with Gasteiger partial charge in [0.2, 0.25) is 5.91 Å². The average Bonchev–Trinajstić information content (AvgIpc) is 3.34. The van der Waals surface area contributed by atoms with Crippen LogP contribution >= 0.6 is 11.8 Å². The topological polar surface area (TPSA) is 73.0 Å². The summed E-state index contributed by atoms with van der Waals surface area (Å²) in [6, 6.07) is 9.94. The van der Waals surface area contributed by atoms with Crippen molar-refractivity contribution in [3.05, 3.63) is 58.6 Å². The van der Waals surface area contributed by atoms with Crippen molar-refractivity contribution >= 4 is 23.5 Å².